The van der Waals surface area contributed by atoms with Gasteiger partial charge in [0.2, 0.25) is 0 Å². The van der Waals surface area contributed by atoms with Gasteiger partial charge in [0.15, 0.2) is 0 Å². The van der Waals surface area contributed by atoms with Crippen molar-refractivity contribution in [1.82, 2.24) is 0 Å². The molecule has 2 N–H and O–H groups in total. The highest BCUT2D eigenvalue weighted by molar-refractivity contribution is 7.99. The van der Waals surface area contributed by atoms with E-state index in [1.165, 1.54) is 5.57 Å². The van der Waals surface area contributed by atoms with Crippen LogP contribution in [0.5, 0.6) is 0 Å². The molecule has 1 nitrogen and oxygen atoms in total. The zero-order chi connectivity index (χ0) is 8.85. The molecule has 0 aliphatic rings. The molecule has 64 valence electrons. The maximum absolute atomic E-state index is 5.42. The summed E-state index contributed by atoms with van der Waals surface area (Å²) in [4.78, 5) is 0. The number of nitrogens with two attached hydrogens (primary N) is 1. The molecule has 0 spiro atoms. The van der Waals surface area contributed by atoms with E-state index in [2.05, 4.69) is 27.0 Å². The van der Waals surface area contributed by atoms with Crippen molar-refractivity contribution in [2.45, 2.75) is 13.8 Å². The summed E-state index contributed by atoms with van der Waals surface area (Å²) in [5.41, 5.74) is 7.41. The fourth-order valence-electron chi connectivity index (χ4n) is 0.509. The van der Waals surface area contributed by atoms with Gasteiger partial charge in [0.1, 0.15) is 0 Å². The molecule has 1 atom stereocenters. The zero-order valence-corrected chi connectivity index (χ0v) is 8.21. The van der Waals surface area contributed by atoms with E-state index in [4.69, 9.17) is 5.73 Å². The molecule has 0 rings (SSSR count). The average Bonchev–Trinajstić information content (AvgIpc) is 1.86. The van der Waals surface area contributed by atoms with Gasteiger partial charge in [-0.15, -0.1) is 0 Å². The molecule has 0 bridgehead atoms. The lowest BCUT2D eigenvalue weighted by Gasteiger charge is -2.09. The van der Waals surface area contributed by atoms with Gasteiger partial charge >= 0.3 is 0 Å². The van der Waals surface area contributed by atoms with Crippen molar-refractivity contribution in [2.75, 3.05) is 11.5 Å². The molecule has 0 saturated carbocycles. The molecule has 1 unspecified atom stereocenters. The molecule has 0 saturated heterocycles. The second kappa shape index (κ2) is 5.30. The molecule has 0 aromatic rings. The molecule has 11 heavy (non-hydrogen) atoms. The van der Waals surface area contributed by atoms with Crippen LogP contribution in [-0.4, -0.2) is 11.5 Å². The summed E-state index contributed by atoms with van der Waals surface area (Å²) < 4.78 is 0. The van der Waals surface area contributed by atoms with Crippen LogP contribution in [0.4, 0.5) is 0 Å². The number of hydrogen-bond acceptors (Lipinski definition) is 2. The van der Waals surface area contributed by atoms with Crippen LogP contribution in [0.15, 0.2) is 24.4 Å². The first-order valence-corrected chi connectivity index (χ1v) is 4.86. The standard InChI is InChI=1S/C9H17NS/c1-7(2)8(3)5-11-6-9(4)10/h8H,1,4-6,10H2,2-3H3. The Bertz CT molecular complexity index is 152. The minimum Gasteiger partial charge on any atom is -0.402 e. The molecule has 0 aliphatic heterocycles. The fourth-order valence-corrected chi connectivity index (χ4v) is 1.53. The highest BCUT2D eigenvalue weighted by Gasteiger charge is 2.01. The Morgan fingerprint density at radius 3 is 2.45 bits per heavy atom. The molecule has 2 heteroatoms. The number of rotatable bonds is 5. The van der Waals surface area contributed by atoms with Gasteiger partial charge in [0.05, 0.1) is 0 Å². The van der Waals surface area contributed by atoms with E-state index in [9.17, 15) is 0 Å². The second-order valence-corrected chi connectivity index (χ2v) is 3.95. The zero-order valence-electron chi connectivity index (χ0n) is 7.39. The topological polar surface area (TPSA) is 26.0 Å². The first kappa shape index (κ1) is 10.6. The Kier molecular flexibility index (Phi) is 5.12. The van der Waals surface area contributed by atoms with Crippen LogP contribution in [0.2, 0.25) is 0 Å². The van der Waals surface area contributed by atoms with Crippen molar-refractivity contribution in [2.24, 2.45) is 11.7 Å². The fraction of sp³-hybridized carbons (Fsp3) is 0.556. The van der Waals surface area contributed by atoms with Gasteiger partial charge in [-0.25, -0.2) is 0 Å². The van der Waals surface area contributed by atoms with E-state index < -0.39 is 0 Å². The van der Waals surface area contributed by atoms with Gasteiger partial charge in [-0.1, -0.05) is 25.7 Å². The molecular formula is C9H17NS. The van der Waals surface area contributed by atoms with Gasteiger partial charge in [-0.05, 0) is 18.6 Å². The van der Waals surface area contributed by atoms with Crippen LogP contribution in [0.25, 0.3) is 0 Å². The SMILES string of the molecule is C=C(N)CSCC(C)C(=C)C. The smallest absolute Gasteiger partial charge is 0.0324 e. The van der Waals surface area contributed by atoms with Crippen LogP contribution >= 0.6 is 11.8 Å². The van der Waals surface area contributed by atoms with Crippen molar-refractivity contribution in [3.05, 3.63) is 24.4 Å². The average molecular weight is 171 g/mol. The summed E-state index contributed by atoms with van der Waals surface area (Å²) in [7, 11) is 0. The third-order valence-corrected chi connectivity index (χ3v) is 2.81. The highest BCUT2D eigenvalue weighted by Crippen LogP contribution is 2.15. The van der Waals surface area contributed by atoms with E-state index in [1.807, 2.05) is 11.8 Å². The molecule has 0 fully saturated rings. The summed E-state index contributed by atoms with van der Waals surface area (Å²) >= 11 is 1.81. The molecule has 0 aromatic heterocycles. The van der Waals surface area contributed by atoms with Crippen molar-refractivity contribution < 1.29 is 0 Å². The maximum Gasteiger partial charge on any atom is 0.0324 e. The summed E-state index contributed by atoms with van der Waals surface area (Å²) in [5, 5.41) is 0. The highest BCUT2D eigenvalue weighted by atomic mass is 32.2. The van der Waals surface area contributed by atoms with Gasteiger partial charge in [0, 0.05) is 11.4 Å². The predicted octanol–water partition coefficient (Wildman–Crippen LogP) is 2.40. The van der Waals surface area contributed by atoms with Gasteiger partial charge in [-0.2, -0.15) is 11.8 Å². The van der Waals surface area contributed by atoms with Crippen LogP contribution < -0.4 is 5.73 Å². The Morgan fingerprint density at radius 2 is 2.09 bits per heavy atom. The molecule has 0 aromatic carbocycles. The van der Waals surface area contributed by atoms with E-state index in [0.717, 1.165) is 17.2 Å². The van der Waals surface area contributed by atoms with Crippen molar-refractivity contribution in [3.8, 4) is 0 Å². The normalized spacial score (nSPS) is 12.5. The van der Waals surface area contributed by atoms with E-state index in [1.54, 1.807) is 0 Å². The monoisotopic (exact) mass is 171 g/mol. The Hall–Kier alpha value is -0.370. The van der Waals surface area contributed by atoms with Gasteiger partial charge in [0.25, 0.3) is 0 Å². The summed E-state index contributed by atoms with van der Waals surface area (Å²) in [6, 6.07) is 0. The van der Waals surface area contributed by atoms with Gasteiger partial charge < -0.3 is 5.73 Å². The minimum atomic E-state index is 0.583. The molecule has 0 heterocycles. The third kappa shape index (κ3) is 6.05. The maximum atomic E-state index is 5.42. The van der Waals surface area contributed by atoms with Crippen LogP contribution in [0.3, 0.4) is 0 Å². The molecule has 0 amide bonds. The summed E-state index contributed by atoms with van der Waals surface area (Å²) in [6.45, 7) is 11.8. The Morgan fingerprint density at radius 1 is 1.55 bits per heavy atom. The lowest BCUT2D eigenvalue weighted by Crippen LogP contribution is -2.03. The summed E-state index contributed by atoms with van der Waals surface area (Å²) in [5.74, 6) is 2.53. The van der Waals surface area contributed by atoms with Crippen molar-refractivity contribution >= 4 is 11.8 Å². The first-order valence-electron chi connectivity index (χ1n) is 3.70. The first-order chi connectivity index (χ1) is 5.04. The largest absolute Gasteiger partial charge is 0.402 e. The van der Waals surface area contributed by atoms with E-state index in [0.29, 0.717) is 5.92 Å². The summed E-state index contributed by atoms with van der Waals surface area (Å²) in [6.07, 6.45) is 0. The van der Waals surface area contributed by atoms with Crippen LogP contribution in [0.1, 0.15) is 13.8 Å². The van der Waals surface area contributed by atoms with E-state index >= 15 is 0 Å². The number of hydrogen-bond donors (Lipinski definition) is 1. The molecule has 0 radical (unpaired) electrons. The Labute approximate surface area is 73.7 Å². The molecular weight excluding hydrogens is 154 g/mol. The van der Waals surface area contributed by atoms with Gasteiger partial charge in [-0.3, -0.25) is 0 Å². The number of allylic oxidation sites excluding steroid dienone is 1. The van der Waals surface area contributed by atoms with Crippen LogP contribution in [0, 0.1) is 5.92 Å². The predicted molar refractivity (Wildman–Crippen MR) is 54.6 cm³/mol. The minimum absolute atomic E-state index is 0.583. The Balaban J connectivity index is 3.39. The molecule has 0 aliphatic carbocycles. The lowest BCUT2D eigenvalue weighted by molar-refractivity contribution is 0.787. The van der Waals surface area contributed by atoms with E-state index in [-0.39, 0.29) is 0 Å². The third-order valence-electron chi connectivity index (χ3n) is 1.50. The lowest BCUT2D eigenvalue weighted by atomic mass is 10.1. The van der Waals surface area contributed by atoms with Crippen molar-refractivity contribution in [1.29, 1.82) is 0 Å². The number of thioether (sulfide) groups is 1. The van der Waals surface area contributed by atoms with Crippen molar-refractivity contribution in [3.63, 3.8) is 0 Å². The second-order valence-electron chi connectivity index (χ2n) is 2.92. The van der Waals surface area contributed by atoms with Crippen LogP contribution in [-0.2, 0) is 0 Å². The quantitative estimate of drug-likeness (QED) is 0.643.